The van der Waals surface area contributed by atoms with Gasteiger partial charge in [-0.05, 0) is 51.9 Å². The maximum absolute atomic E-state index is 11.2. The average molecular weight is 745 g/mol. The molecule has 0 heterocycles. The van der Waals surface area contributed by atoms with Crippen LogP contribution >= 0.6 is 0 Å². The van der Waals surface area contributed by atoms with E-state index in [0.717, 1.165) is 12.0 Å². The van der Waals surface area contributed by atoms with Crippen LogP contribution in [0, 0.1) is 23.2 Å². The van der Waals surface area contributed by atoms with E-state index < -0.39 is 22.7 Å². The molecule has 7 heteroatoms. The van der Waals surface area contributed by atoms with Crippen molar-refractivity contribution in [3.05, 3.63) is 96.6 Å². The summed E-state index contributed by atoms with van der Waals surface area (Å²) in [5.74, 6) is 6.46. The van der Waals surface area contributed by atoms with E-state index in [1.165, 1.54) is 10.4 Å². The third-order valence-electron chi connectivity index (χ3n) is 10.9. The first kappa shape index (κ1) is 43.9. The zero-order valence-electron chi connectivity index (χ0n) is 34.3. The minimum atomic E-state index is -2.77. The lowest BCUT2D eigenvalue weighted by atomic mass is 9.84. The van der Waals surface area contributed by atoms with Crippen molar-refractivity contribution in [1.29, 1.82) is 0 Å². The zero-order chi connectivity index (χ0) is 38.6. The van der Waals surface area contributed by atoms with Gasteiger partial charge in [0.05, 0.1) is 25.4 Å². The minimum Gasteiger partial charge on any atom is -0.413 e. The van der Waals surface area contributed by atoms with E-state index in [-0.39, 0.29) is 33.6 Å². The van der Waals surface area contributed by atoms with Crippen molar-refractivity contribution in [2.24, 2.45) is 11.3 Å². The second kappa shape index (κ2) is 19.2. The Morgan fingerprint density at radius 3 is 1.69 bits per heavy atom. The van der Waals surface area contributed by atoms with Crippen LogP contribution in [0.4, 0.5) is 0 Å². The highest BCUT2D eigenvalue weighted by atomic mass is 28.4. The highest BCUT2D eigenvalue weighted by Crippen LogP contribution is 2.43. The van der Waals surface area contributed by atoms with E-state index in [1.54, 1.807) is 7.11 Å². The second-order valence-corrected chi connectivity index (χ2v) is 26.6. The maximum atomic E-state index is 11.2. The normalized spacial score (nSPS) is 15.3. The van der Waals surface area contributed by atoms with E-state index in [4.69, 9.17) is 18.3 Å². The lowest BCUT2D eigenvalue weighted by molar-refractivity contribution is -0.0308. The number of hydrogen-bond donors (Lipinski definition) is 1. The summed E-state index contributed by atoms with van der Waals surface area (Å²) in [4.78, 5) is 0. The monoisotopic (exact) mass is 744 g/mol. The summed E-state index contributed by atoms with van der Waals surface area (Å²) in [7, 11) is -3.26. The lowest BCUT2D eigenvalue weighted by Crippen LogP contribution is -2.67. The van der Waals surface area contributed by atoms with Gasteiger partial charge in [-0.15, -0.1) is 0 Å². The number of hydrogen-bond acceptors (Lipinski definition) is 5. The first-order valence-corrected chi connectivity index (χ1v) is 23.9. The molecule has 4 atom stereocenters. The summed E-state index contributed by atoms with van der Waals surface area (Å²) < 4.78 is 26.8. The molecule has 0 radical (unpaired) electrons. The third-order valence-corrected chi connectivity index (χ3v) is 20.3. The molecule has 3 aromatic rings. The van der Waals surface area contributed by atoms with E-state index in [1.807, 2.05) is 18.2 Å². The average Bonchev–Trinajstić information content (AvgIpc) is 3.09. The molecule has 0 fully saturated rings. The van der Waals surface area contributed by atoms with E-state index in [0.29, 0.717) is 32.7 Å². The van der Waals surface area contributed by atoms with Crippen LogP contribution in [-0.2, 0) is 24.9 Å². The third kappa shape index (κ3) is 12.0. The van der Waals surface area contributed by atoms with Gasteiger partial charge in [-0.3, -0.25) is 0 Å². The van der Waals surface area contributed by atoms with Gasteiger partial charge in [0.25, 0.3) is 8.32 Å². The van der Waals surface area contributed by atoms with Crippen LogP contribution < -0.4 is 10.4 Å². The van der Waals surface area contributed by atoms with Crippen LogP contribution in [-0.4, -0.2) is 60.4 Å². The number of benzene rings is 3. The molecule has 0 unspecified atom stereocenters. The van der Waals surface area contributed by atoms with Crippen LogP contribution in [0.3, 0.4) is 0 Å². The lowest BCUT2D eigenvalue weighted by Gasteiger charge is -2.48. The predicted octanol–water partition coefficient (Wildman–Crippen LogP) is 9.38. The van der Waals surface area contributed by atoms with Crippen molar-refractivity contribution >= 4 is 27.0 Å². The van der Waals surface area contributed by atoms with Gasteiger partial charge in [0, 0.05) is 31.5 Å². The molecule has 3 aromatic carbocycles. The van der Waals surface area contributed by atoms with E-state index in [2.05, 4.69) is 160 Å². The highest BCUT2D eigenvalue weighted by Gasteiger charge is 2.52. The van der Waals surface area contributed by atoms with Crippen LogP contribution in [0.1, 0.15) is 87.1 Å². The van der Waals surface area contributed by atoms with Crippen molar-refractivity contribution in [1.82, 2.24) is 0 Å². The molecule has 0 aliphatic heterocycles. The molecule has 0 spiro atoms. The van der Waals surface area contributed by atoms with Crippen molar-refractivity contribution in [2.45, 2.75) is 130 Å². The topological polar surface area (TPSA) is 57.2 Å². The molecule has 0 aliphatic rings. The molecule has 52 heavy (non-hydrogen) atoms. The summed E-state index contributed by atoms with van der Waals surface area (Å²) in [6.07, 6.45) is 0.624. The van der Waals surface area contributed by atoms with Crippen LogP contribution in [0.5, 0.6) is 0 Å². The van der Waals surface area contributed by atoms with Crippen LogP contribution in [0.2, 0.25) is 23.2 Å². The number of rotatable bonds is 18. The fourth-order valence-electron chi connectivity index (χ4n) is 6.41. The van der Waals surface area contributed by atoms with Gasteiger partial charge >= 0.3 is 0 Å². The quantitative estimate of drug-likeness (QED) is 0.104. The molecule has 3 rings (SSSR count). The van der Waals surface area contributed by atoms with Crippen LogP contribution in [0.15, 0.2) is 91.0 Å². The highest BCUT2D eigenvalue weighted by molar-refractivity contribution is 6.99. The molecular weight excluding hydrogens is 677 g/mol. The largest absolute Gasteiger partial charge is 0.413 e. The van der Waals surface area contributed by atoms with E-state index in [9.17, 15) is 5.11 Å². The van der Waals surface area contributed by atoms with Crippen molar-refractivity contribution in [3.63, 3.8) is 0 Å². The van der Waals surface area contributed by atoms with Gasteiger partial charge in [0.15, 0.2) is 8.32 Å². The minimum absolute atomic E-state index is 0.0193. The Balaban J connectivity index is 1.87. The van der Waals surface area contributed by atoms with Crippen molar-refractivity contribution in [2.75, 3.05) is 20.3 Å². The van der Waals surface area contributed by atoms with Gasteiger partial charge in [-0.25, -0.2) is 0 Å². The summed E-state index contributed by atoms with van der Waals surface area (Å²) in [6.45, 7) is 26.7. The molecule has 0 saturated carbocycles. The van der Waals surface area contributed by atoms with Gasteiger partial charge in [-0.1, -0.05) is 165 Å². The molecule has 1 N–H and O–H groups in total. The summed E-state index contributed by atoms with van der Waals surface area (Å²) >= 11 is 0. The molecule has 0 amide bonds. The standard InChI is InChI=1S/C45H68O5Si2/c1-13-36(33-48-34-37-23-17-14-18-24-37)29-30-38(46)31-39(47-10)32-42(50-51(11,12)43(2,3)4)45(8,9)35-49-52(44(5,6)7,40-25-19-15-20-26-40)41-27-21-16-22-28-41/h14-28,36,38-39,42,46H,13,31-35H2,1-12H3/t36-,38-,39-,42+/m1/s1. The maximum Gasteiger partial charge on any atom is 0.261 e. The van der Waals surface area contributed by atoms with Gasteiger partial charge < -0.3 is 23.4 Å². The SMILES string of the molecule is CC[C@H](C#C[C@@H](O)C[C@H](C[C@H](O[Si](C)(C)C(C)(C)C)C(C)(C)CO[Si](c1ccccc1)(c1ccccc1)C(C)(C)C)OC)COCc1ccccc1. The zero-order valence-corrected chi connectivity index (χ0v) is 36.3. The Kier molecular flexibility index (Phi) is 16.2. The van der Waals surface area contributed by atoms with Crippen LogP contribution in [0.25, 0.3) is 0 Å². The Morgan fingerprint density at radius 2 is 1.23 bits per heavy atom. The molecule has 0 bridgehead atoms. The van der Waals surface area contributed by atoms with Gasteiger partial charge in [-0.2, -0.15) is 0 Å². The number of methoxy groups -OCH3 is 1. The van der Waals surface area contributed by atoms with Crippen molar-refractivity contribution in [3.8, 4) is 11.8 Å². The fraction of sp³-hybridized carbons (Fsp3) is 0.556. The molecule has 286 valence electrons. The number of aliphatic hydroxyl groups excluding tert-OH is 1. The first-order chi connectivity index (χ1) is 24.4. The molecule has 0 aliphatic carbocycles. The number of aliphatic hydroxyl groups is 1. The predicted molar refractivity (Wildman–Crippen MR) is 223 cm³/mol. The molecule has 0 aromatic heterocycles. The molecule has 0 saturated heterocycles. The molecular formula is C45H68O5Si2. The summed E-state index contributed by atoms with van der Waals surface area (Å²) in [5.41, 5.74) is 0.766. The van der Waals surface area contributed by atoms with E-state index >= 15 is 0 Å². The van der Waals surface area contributed by atoms with Gasteiger partial charge in [0.1, 0.15) is 6.10 Å². The summed E-state index contributed by atoms with van der Waals surface area (Å²) in [6, 6.07) is 31.8. The first-order valence-electron chi connectivity index (χ1n) is 19.1. The second-order valence-electron chi connectivity index (χ2n) is 17.5. The van der Waals surface area contributed by atoms with Crippen molar-refractivity contribution < 1.29 is 23.4 Å². The number of ether oxygens (including phenoxy) is 2. The smallest absolute Gasteiger partial charge is 0.261 e. The van der Waals surface area contributed by atoms with Gasteiger partial charge in [0.2, 0.25) is 0 Å². The summed E-state index contributed by atoms with van der Waals surface area (Å²) in [5, 5.41) is 13.6. The molecule has 5 nitrogen and oxygen atoms in total. The Morgan fingerprint density at radius 1 is 0.712 bits per heavy atom. The fourth-order valence-corrected chi connectivity index (χ4v) is 12.6. The Hall–Kier alpha value is -2.55. The Labute approximate surface area is 319 Å². The Bertz CT molecular complexity index is 1480.